The Bertz CT molecular complexity index is 719. The quantitative estimate of drug-likeness (QED) is 0.789. The lowest BCUT2D eigenvalue weighted by Crippen LogP contribution is -2.51. The molecule has 2 aliphatic rings. The van der Waals surface area contributed by atoms with E-state index in [1.54, 1.807) is 0 Å². The molecule has 1 unspecified atom stereocenters. The van der Waals surface area contributed by atoms with E-state index < -0.39 is 0 Å². The lowest BCUT2D eigenvalue weighted by atomic mass is 9.92. The molecule has 0 fully saturated rings. The summed E-state index contributed by atoms with van der Waals surface area (Å²) in [5.74, 6) is 1.09. The number of nitrogens with zero attached hydrogens (tertiary/aromatic N) is 3. The van der Waals surface area contributed by atoms with Crippen molar-refractivity contribution >= 4 is 17.4 Å². The molecule has 1 amide bonds. The van der Waals surface area contributed by atoms with Crippen LogP contribution in [-0.4, -0.2) is 21.7 Å². The number of carbonyl (C=O) groups excluding carboxylic acids is 1. The number of aromatic nitrogens is 2. The van der Waals surface area contributed by atoms with Crippen LogP contribution in [0.25, 0.3) is 0 Å². The lowest BCUT2D eigenvalue weighted by molar-refractivity contribution is -0.117. The zero-order valence-corrected chi connectivity index (χ0v) is 11.6. The van der Waals surface area contributed by atoms with E-state index in [1.807, 2.05) is 24.7 Å². The Kier molecular flexibility index (Phi) is 2.22. The van der Waals surface area contributed by atoms with E-state index in [0.29, 0.717) is 0 Å². The second-order valence-electron chi connectivity index (χ2n) is 5.51. The van der Waals surface area contributed by atoms with E-state index in [9.17, 15) is 4.79 Å². The van der Waals surface area contributed by atoms with Gasteiger partial charge >= 0.3 is 0 Å². The van der Waals surface area contributed by atoms with Gasteiger partial charge in [-0.15, -0.1) is 0 Å². The Morgan fingerprint density at radius 3 is 2.85 bits per heavy atom. The first-order chi connectivity index (χ1) is 9.65. The Labute approximate surface area is 117 Å². The van der Waals surface area contributed by atoms with E-state index in [1.165, 1.54) is 11.1 Å². The first kappa shape index (κ1) is 11.5. The predicted molar refractivity (Wildman–Crippen MR) is 76.7 cm³/mol. The summed E-state index contributed by atoms with van der Waals surface area (Å²) in [7, 11) is 1.93. The largest absolute Gasteiger partial charge is 0.338 e. The lowest BCUT2D eigenvalue weighted by Gasteiger charge is -2.40. The highest BCUT2D eigenvalue weighted by molar-refractivity contribution is 6.04. The fraction of sp³-hybridized carbons (Fsp3) is 0.333. The Morgan fingerprint density at radius 2 is 2.05 bits per heavy atom. The molecule has 0 spiro atoms. The van der Waals surface area contributed by atoms with Crippen LogP contribution in [0.4, 0.5) is 11.5 Å². The van der Waals surface area contributed by atoms with Gasteiger partial charge in [0.15, 0.2) is 5.82 Å². The Hall–Kier alpha value is -2.30. The van der Waals surface area contributed by atoms with Crippen molar-refractivity contribution in [3.63, 3.8) is 0 Å². The maximum Gasteiger partial charge on any atom is 0.247 e. The van der Waals surface area contributed by atoms with Gasteiger partial charge in [0.05, 0.1) is 5.69 Å². The first-order valence-electron chi connectivity index (χ1n) is 6.83. The third-order valence-electron chi connectivity index (χ3n) is 4.26. The van der Waals surface area contributed by atoms with Crippen molar-refractivity contribution in [2.24, 2.45) is 7.05 Å². The number of aryl methyl sites for hydroxylation is 2. The van der Waals surface area contributed by atoms with Crippen LogP contribution >= 0.6 is 0 Å². The zero-order valence-electron chi connectivity index (χ0n) is 11.6. The SMILES string of the molecule is Cc1nn(C)c2c1NC(=O)C1Cc3ccccc3CN21. The van der Waals surface area contributed by atoms with Gasteiger partial charge in [0.25, 0.3) is 0 Å². The summed E-state index contributed by atoms with van der Waals surface area (Å²) in [6, 6.07) is 8.21. The summed E-state index contributed by atoms with van der Waals surface area (Å²) < 4.78 is 1.87. The van der Waals surface area contributed by atoms with E-state index in [2.05, 4.69) is 33.5 Å². The minimum Gasteiger partial charge on any atom is -0.338 e. The summed E-state index contributed by atoms with van der Waals surface area (Å²) in [6.45, 7) is 2.69. The third kappa shape index (κ3) is 1.43. The van der Waals surface area contributed by atoms with Gasteiger partial charge in [0, 0.05) is 20.0 Å². The maximum absolute atomic E-state index is 12.4. The van der Waals surface area contributed by atoms with E-state index >= 15 is 0 Å². The number of benzene rings is 1. The van der Waals surface area contributed by atoms with Gasteiger partial charge in [-0.25, -0.2) is 0 Å². The van der Waals surface area contributed by atoms with Gasteiger partial charge in [-0.2, -0.15) is 5.10 Å². The summed E-state index contributed by atoms with van der Waals surface area (Å²) in [5.41, 5.74) is 4.29. The van der Waals surface area contributed by atoms with Crippen LogP contribution in [0.5, 0.6) is 0 Å². The fourth-order valence-corrected chi connectivity index (χ4v) is 3.31. The molecular formula is C15H16N4O. The zero-order chi connectivity index (χ0) is 13.9. The van der Waals surface area contributed by atoms with Gasteiger partial charge in [0.2, 0.25) is 5.91 Å². The second kappa shape index (κ2) is 3.85. The molecule has 5 heteroatoms. The molecular weight excluding hydrogens is 252 g/mol. The third-order valence-corrected chi connectivity index (χ3v) is 4.26. The average molecular weight is 268 g/mol. The van der Waals surface area contributed by atoms with Crippen molar-refractivity contribution in [1.82, 2.24) is 9.78 Å². The molecule has 102 valence electrons. The Morgan fingerprint density at radius 1 is 1.30 bits per heavy atom. The van der Waals surface area contributed by atoms with E-state index in [-0.39, 0.29) is 11.9 Å². The number of hydrogen-bond acceptors (Lipinski definition) is 3. The van der Waals surface area contributed by atoms with Crippen LogP contribution < -0.4 is 10.2 Å². The Balaban J connectivity index is 1.87. The normalized spacial score (nSPS) is 20.0. The van der Waals surface area contributed by atoms with Crippen molar-refractivity contribution in [2.75, 3.05) is 10.2 Å². The van der Waals surface area contributed by atoms with Crippen molar-refractivity contribution < 1.29 is 4.79 Å². The fourth-order valence-electron chi connectivity index (χ4n) is 3.31. The number of anilines is 2. The molecule has 0 saturated heterocycles. The standard InChI is InChI=1S/C15H16N4O/c1-9-13-15(18(2)17-9)19-8-11-6-4-3-5-10(11)7-12(19)14(20)16-13/h3-6,12H,7-8H2,1-2H3,(H,16,20). The molecule has 1 N–H and O–H groups in total. The number of fused-ring (bicyclic) bond motifs is 4. The number of hydrogen-bond donors (Lipinski definition) is 1. The molecule has 0 bridgehead atoms. The average Bonchev–Trinajstić information content (AvgIpc) is 2.72. The maximum atomic E-state index is 12.4. The van der Waals surface area contributed by atoms with Gasteiger partial charge in [-0.1, -0.05) is 24.3 Å². The number of amides is 1. The monoisotopic (exact) mass is 268 g/mol. The van der Waals surface area contributed by atoms with Gasteiger partial charge < -0.3 is 10.2 Å². The molecule has 1 atom stereocenters. The molecule has 2 aromatic rings. The summed E-state index contributed by atoms with van der Waals surface area (Å²) in [5, 5.41) is 7.45. The molecule has 0 saturated carbocycles. The van der Waals surface area contributed by atoms with Crippen LogP contribution in [0.15, 0.2) is 24.3 Å². The van der Waals surface area contributed by atoms with Crippen LogP contribution in [0, 0.1) is 6.92 Å². The van der Waals surface area contributed by atoms with Crippen LogP contribution in [-0.2, 0) is 24.8 Å². The second-order valence-corrected chi connectivity index (χ2v) is 5.51. The molecule has 1 aromatic carbocycles. The van der Waals surface area contributed by atoms with E-state index in [0.717, 1.165) is 30.2 Å². The number of rotatable bonds is 0. The van der Waals surface area contributed by atoms with Crippen LogP contribution in [0.3, 0.4) is 0 Å². The van der Waals surface area contributed by atoms with Crippen molar-refractivity contribution in [3.8, 4) is 0 Å². The first-order valence-corrected chi connectivity index (χ1v) is 6.83. The van der Waals surface area contributed by atoms with Crippen molar-refractivity contribution in [3.05, 3.63) is 41.1 Å². The smallest absolute Gasteiger partial charge is 0.247 e. The minimum atomic E-state index is -0.132. The van der Waals surface area contributed by atoms with Gasteiger partial charge in [0.1, 0.15) is 11.7 Å². The predicted octanol–water partition coefficient (Wildman–Crippen LogP) is 1.61. The molecule has 4 rings (SSSR count). The molecule has 5 nitrogen and oxygen atoms in total. The van der Waals surface area contributed by atoms with Crippen molar-refractivity contribution in [2.45, 2.75) is 25.9 Å². The summed E-state index contributed by atoms with van der Waals surface area (Å²) in [6.07, 6.45) is 0.756. The topological polar surface area (TPSA) is 50.2 Å². The van der Waals surface area contributed by atoms with Crippen molar-refractivity contribution in [1.29, 1.82) is 0 Å². The van der Waals surface area contributed by atoms with Gasteiger partial charge in [-0.3, -0.25) is 9.48 Å². The number of nitrogens with one attached hydrogen (secondary N) is 1. The summed E-state index contributed by atoms with van der Waals surface area (Å²) >= 11 is 0. The number of carbonyl (C=O) groups is 1. The van der Waals surface area contributed by atoms with Gasteiger partial charge in [-0.05, 0) is 18.1 Å². The molecule has 20 heavy (non-hydrogen) atoms. The minimum absolute atomic E-state index is 0.0723. The highest BCUT2D eigenvalue weighted by Gasteiger charge is 2.39. The highest BCUT2D eigenvalue weighted by Crippen LogP contribution is 2.38. The highest BCUT2D eigenvalue weighted by atomic mass is 16.2. The molecule has 1 aromatic heterocycles. The molecule has 3 heterocycles. The molecule has 0 radical (unpaired) electrons. The van der Waals surface area contributed by atoms with Crippen LogP contribution in [0.2, 0.25) is 0 Å². The van der Waals surface area contributed by atoms with Crippen LogP contribution in [0.1, 0.15) is 16.8 Å². The molecule has 0 aliphatic carbocycles. The van der Waals surface area contributed by atoms with E-state index in [4.69, 9.17) is 0 Å². The molecule has 2 aliphatic heterocycles. The summed E-state index contributed by atoms with van der Waals surface area (Å²) in [4.78, 5) is 14.5.